The smallest absolute Gasteiger partial charge is 0.0352 e. The lowest BCUT2D eigenvalue weighted by molar-refractivity contribution is 0.391. The molecule has 2 fully saturated rings. The van der Waals surface area contributed by atoms with Crippen LogP contribution in [0.3, 0.4) is 0 Å². The van der Waals surface area contributed by atoms with Crippen molar-refractivity contribution in [2.24, 2.45) is 11.8 Å². The highest BCUT2D eigenvalue weighted by Crippen LogP contribution is 2.39. The third kappa shape index (κ3) is 1.21. The van der Waals surface area contributed by atoms with E-state index < -0.39 is 0 Å². The normalized spacial score (nSPS) is 30.0. The van der Waals surface area contributed by atoms with E-state index >= 15 is 0 Å². The summed E-state index contributed by atoms with van der Waals surface area (Å²) in [6.45, 7) is 0. The fourth-order valence-electron chi connectivity index (χ4n) is 2.62. The first-order valence-electron chi connectivity index (χ1n) is 4.80. The average molecular weight is 137 g/mol. The van der Waals surface area contributed by atoms with Gasteiger partial charge in [0, 0.05) is 0 Å². The van der Waals surface area contributed by atoms with E-state index in [0.717, 1.165) is 11.8 Å². The molecule has 0 aromatic rings. The van der Waals surface area contributed by atoms with Crippen molar-refractivity contribution in [3.63, 3.8) is 0 Å². The Hall–Kier alpha value is 0. The quantitative estimate of drug-likeness (QED) is 0.520. The van der Waals surface area contributed by atoms with E-state index in [1.54, 1.807) is 0 Å². The molecule has 2 rings (SSSR count). The van der Waals surface area contributed by atoms with Crippen LogP contribution in [0.2, 0.25) is 0 Å². The molecule has 0 bridgehead atoms. The highest BCUT2D eigenvalue weighted by Gasteiger charge is 2.27. The van der Waals surface area contributed by atoms with Crippen molar-refractivity contribution in [2.45, 2.75) is 44.9 Å². The zero-order valence-electron chi connectivity index (χ0n) is 6.68. The van der Waals surface area contributed by atoms with Crippen molar-refractivity contribution >= 4 is 0 Å². The molecule has 57 valence electrons. The number of rotatable bonds is 1. The molecule has 0 aromatic heterocycles. The molecule has 0 spiro atoms. The van der Waals surface area contributed by atoms with Crippen LogP contribution in [0.1, 0.15) is 44.9 Å². The van der Waals surface area contributed by atoms with E-state index in [0.29, 0.717) is 0 Å². The van der Waals surface area contributed by atoms with Crippen LogP contribution < -0.4 is 0 Å². The summed E-state index contributed by atoms with van der Waals surface area (Å²) >= 11 is 0. The molecule has 0 nitrogen and oxygen atoms in total. The summed E-state index contributed by atoms with van der Waals surface area (Å²) in [5.41, 5.74) is 0. The highest BCUT2D eigenvalue weighted by atomic mass is 14.3. The van der Waals surface area contributed by atoms with Gasteiger partial charge in [-0.15, -0.1) is 0 Å². The van der Waals surface area contributed by atoms with Crippen LogP contribution in [-0.4, -0.2) is 0 Å². The van der Waals surface area contributed by atoms with E-state index in [4.69, 9.17) is 0 Å². The Morgan fingerprint density at radius 3 is 2.30 bits per heavy atom. The van der Waals surface area contributed by atoms with Crippen molar-refractivity contribution < 1.29 is 0 Å². The molecule has 0 aromatic carbocycles. The van der Waals surface area contributed by atoms with Crippen LogP contribution in [0.4, 0.5) is 0 Å². The van der Waals surface area contributed by atoms with Gasteiger partial charge in [-0.25, -0.2) is 0 Å². The maximum Gasteiger partial charge on any atom is -0.0352 e. The second-order valence-electron chi connectivity index (χ2n) is 3.87. The molecule has 0 heterocycles. The lowest BCUT2D eigenvalue weighted by Gasteiger charge is -2.15. The zero-order chi connectivity index (χ0) is 6.81. The van der Waals surface area contributed by atoms with Gasteiger partial charge in [-0.1, -0.05) is 32.1 Å². The van der Waals surface area contributed by atoms with Crippen molar-refractivity contribution in [1.82, 2.24) is 0 Å². The topological polar surface area (TPSA) is 0 Å². The molecule has 0 saturated heterocycles. The summed E-state index contributed by atoms with van der Waals surface area (Å²) in [7, 11) is 0. The van der Waals surface area contributed by atoms with E-state index in [9.17, 15) is 0 Å². The Kier molecular flexibility index (Phi) is 1.97. The largest absolute Gasteiger partial charge is 0.0530 e. The van der Waals surface area contributed by atoms with Gasteiger partial charge in [0.2, 0.25) is 0 Å². The summed E-state index contributed by atoms with van der Waals surface area (Å²) in [5, 5.41) is 0. The van der Waals surface area contributed by atoms with E-state index in [1.807, 2.05) is 0 Å². The molecule has 2 aliphatic carbocycles. The molecule has 1 atom stereocenters. The predicted molar refractivity (Wildman–Crippen MR) is 43.6 cm³/mol. The SMILES string of the molecule is [CH]1CCC[C@@H]1C1CCCC1. The minimum Gasteiger partial charge on any atom is -0.0530 e. The Morgan fingerprint density at radius 1 is 0.900 bits per heavy atom. The van der Waals surface area contributed by atoms with Crippen molar-refractivity contribution in [2.75, 3.05) is 0 Å². The summed E-state index contributed by atoms with van der Waals surface area (Å²) in [4.78, 5) is 0. The van der Waals surface area contributed by atoms with Crippen LogP contribution in [0.15, 0.2) is 0 Å². The first-order valence-corrected chi connectivity index (χ1v) is 4.80. The molecular weight excluding hydrogens is 120 g/mol. The minimum atomic E-state index is 1.03. The zero-order valence-corrected chi connectivity index (χ0v) is 6.68. The summed E-state index contributed by atoms with van der Waals surface area (Å²) < 4.78 is 0. The van der Waals surface area contributed by atoms with Crippen LogP contribution >= 0.6 is 0 Å². The summed E-state index contributed by atoms with van der Waals surface area (Å²) in [6.07, 6.45) is 13.0. The van der Waals surface area contributed by atoms with Crippen molar-refractivity contribution in [3.8, 4) is 0 Å². The third-order valence-electron chi connectivity index (χ3n) is 3.22. The van der Waals surface area contributed by atoms with Gasteiger partial charge in [-0.3, -0.25) is 0 Å². The fraction of sp³-hybridized carbons (Fsp3) is 0.900. The standard InChI is InChI=1S/C10H17/c1-2-6-9(5-1)10-7-3-4-8-10/h5,9-10H,1-4,6-8H2/t9-/m1/s1. The molecule has 0 unspecified atom stereocenters. The fourth-order valence-corrected chi connectivity index (χ4v) is 2.62. The predicted octanol–water partition coefficient (Wildman–Crippen LogP) is 3.18. The van der Waals surface area contributed by atoms with Crippen LogP contribution in [0.25, 0.3) is 0 Å². The first-order chi connectivity index (χ1) is 4.97. The van der Waals surface area contributed by atoms with Gasteiger partial charge in [-0.05, 0) is 31.1 Å². The number of hydrogen-bond donors (Lipinski definition) is 0. The molecule has 0 amide bonds. The Labute approximate surface area is 64.0 Å². The monoisotopic (exact) mass is 137 g/mol. The lowest BCUT2D eigenvalue weighted by Crippen LogP contribution is -2.06. The van der Waals surface area contributed by atoms with Crippen LogP contribution in [-0.2, 0) is 0 Å². The Balaban J connectivity index is 1.85. The van der Waals surface area contributed by atoms with Crippen LogP contribution in [0, 0.1) is 18.3 Å². The second-order valence-corrected chi connectivity index (χ2v) is 3.87. The molecule has 0 N–H and O–H groups in total. The van der Waals surface area contributed by atoms with Crippen molar-refractivity contribution in [1.29, 1.82) is 0 Å². The van der Waals surface area contributed by atoms with Gasteiger partial charge in [-0.2, -0.15) is 0 Å². The highest BCUT2D eigenvalue weighted by molar-refractivity contribution is 4.89. The maximum atomic E-state index is 2.58. The molecule has 2 saturated carbocycles. The van der Waals surface area contributed by atoms with Gasteiger partial charge < -0.3 is 0 Å². The summed E-state index contributed by atoms with van der Waals surface area (Å²) in [5.74, 6) is 2.13. The molecule has 1 radical (unpaired) electrons. The molecule has 0 heteroatoms. The summed E-state index contributed by atoms with van der Waals surface area (Å²) in [6, 6.07) is 0. The number of hydrogen-bond acceptors (Lipinski definition) is 0. The van der Waals surface area contributed by atoms with Gasteiger partial charge in [0.25, 0.3) is 0 Å². The van der Waals surface area contributed by atoms with Gasteiger partial charge >= 0.3 is 0 Å². The Morgan fingerprint density at radius 2 is 1.70 bits per heavy atom. The van der Waals surface area contributed by atoms with Crippen molar-refractivity contribution in [3.05, 3.63) is 6.42 Å². The first kappa shape index (κ1) is 6.69. The third-order valence-corrected chi connectivity index (χ3v) is 3.22. The molecule has 10 heavy (non-hydrogen) atoms. The average Bonchev–Trinajstić information content (AvgIpc) is 2.59. The molecular formula is C10H17. The van der Waals surface area contributed by atoms with Gasteiger partial charge in [0.15, 0.2) is 0 Å². The van der Waals surface area contributed by atoms with Gasteiger partial charge in [0.1, 0.15) is 0 Å². The Bertz CT molecular complexity index is 80.6. The van der Waals surface area contributed by atoms with E-state index in [-0.39, 0.29) is 0 Å². The molecule has 0 aliphatic heterocycles. The van der Waals surface area contributed by atoms with Gasteiger partial charge in [0.05, 0.1) is 0 Å². The van der Waals surface area contributed by atoms with Crippen LogP contribution in [0.5, 0.6) is 0 Å². The lowest BCUT2D eigenvalue weighted by atomic mass is 9.90. The van der Waals surface area contributed by atoms with E-state index in [1.165, 1.54) is 44.9 Å². The minimum absolute atomic E-state index is 1.03. The van der Waals surface area contributed by atoms with E-state index in [2.05, 4.69) is 6.42 Å². The second kappa shape index (κ2) is 2.94. The molecule has 2 aliphatic rings. The maximum absolute atomic E-state index is 2.58.